The monoisotopic (exact) mass is 444 g/mol. The highest BCUT2D eigenvalue weighted by atomic mass is 19.4. The van der Waals surface area contributed by atoms with Crippen molar-refractivity contribution in [2.75, 3.05) is 23.9 Å². The number of aryl methyl sites for hydroxylation is 1. The van der Waals surface area contributed by atoms with Crippen molar-refractivity contribution in [1.82, 2.24) is 9.97 Å². The molecule has 1 heterocycles. The standard InChI is InChI=1S/C24H27F3N4O/c1-4-6-17-7-9-18(10-8-17)29-23-28-16-21(24(25,26)27)22(30-23)31(3)19-11-13-20(14-12-19)32-15-5-2/h7-14,16H,4-6,15H2,1-3H3,(H,28,29,30). The number of benzene rings is 2. The number of hydrogen-bond acceptors (Lipinski definition) is 5. The number of alkyl halides is 3. The van der Waals surface area contributed by atoms with E-state index in [1.165, 1.54) is 10.5 Å². The normalized spacial score (nSPS) is 11.3. The molecule has 3 rings (SSSR count). The smallest absolute Gasteiger partial charge is 0.421 e. The van der Waals surface area contributed by atoms with Crippen LogP contribution in [0.3, 0.4) is 0 Å². The summed E-state index contributed by atoms with van der Waals surface area (Å²) in [5.74, 6) is 0.516. The second-order valence-corrected chi connectivity index (χ2v) is 7.40. The molecule has 0 spiro atoms. The summed E-state index contributed by atoms with van der Waals surface area (Å²) in [6.45, 7) is 4.68. The number of nitrogens with zero attached hydrogens (tertiary/aromatic N) is 3. The average molecular weight is 445 g/mol. The van der Waals surface area contributed by atoms with E-state index in [1.54, 1.807) is 31.3 Å². The molecule has 0 saturated carbocycles. The van der Waals surface area contributed by atoms with Gasteiger partial charge in [-0.25, -0.2) is 4.98 Å². The van der Waals surface area contributed by atoms with Gasteiger partial charge in [0.15, 0.2) is 5.82 Å². The maximum atomic E-state index is 13.7. The summed E-state index contributed by atoms with van der Waals surface area (Å²) in [6.07, 6.45) is -0.904. The molecule has 0 radical (unpaired) electrons. The Bertz CT molecular complexity index is 1010. The largest absolute Gasteiger partial charge is 0.494 e. The van der Waals surface area contributed by atoms with Crippen molar-refractivity contribution in [2.45, 2.75) is 39.3 Å². The second kappa shape index (κ2) is 10.3. The lowest BCUT2D eigenvalue weighted by atomic mass is 10.1. The fraction of sp³-hybridized carbons (Fsp3) is 0.333. The van der Waals surface area contributed by atoms with Gasteiger partial charge in [0.25, 0.3) is 0 Å². The number of anilines is 4. The molecule has 0 aliphatic rings. The van der Waals surface area contributed by atoms with Gasteiger partial charge in [0, 0.05) is 24.6 Å². The van der Waals surface area contributed by atoms with Crippen LogP contribution < -0.4 is 15.0 Å². The number of halogens is 3. The quantitative estimate of drug-likeness (QED) is 0.396. The lowest BCUT2D eigenvalue weighted by Gasteiger charge is -2.23. The van der Waals surface area contributed by atoms with Crippen molar-refractivity contribution in [3.63, 3.8) is 0 Å². The molecule has 32 heavy (non-hydrogen) atoms. The molecule has 0 bridgehead atoms. The first kappa shape index (κ1) is 23.4. The third kappa shape index (κ3) is 5.90. The first-order chi connectivity index (χ1) is 15.3. The van der Waals surface area contributed by atoms with Crippen LogP contribution in [0.15, 0.2) is 54.7 Å². The molecule has 170 valence electrons. The van der Waals surface area contributed by atoms with Crippen molar-refractivity contribution in [3.8, 4) is 5.75 Å². The van der Waals surface area contributed by atoms with Crippen LogP contribution in [0.25, 0.3) is 0 Å². The molecule has 0 fully saturated rings. The van der Waals surface area contributed by atoms with Crippen LogP contribution in [-0.2, 0) is 12.6 Å². The zero-order valence-corrected chi connectivity index (χ0v) is 18.4. The van der Waals surface area contributed by atoms with Crippen molar-refractivity contribution in [3.05, 3.63) is 65.9 Å². The number of rotatable bonds is 9. The van der Waals surface area contributed by atoms with E-state index < -0.39 is 11.7 Å². The zero-order chi connectivity index (χ0) is 23.1. The summed E-state index contributed by atoms with van der Waals surface area (Å²) in [7, 11) is 1.54. The molecule has 1 aromatic heterocycles. The second-order valence-electron chi connectivity index (χ2n) is 7.40. The number of nitrogens with one attached hydrogen (secondary N) is 1. The van der Waals surface area contributed by atoms with Crippen LogP contribution in [0.4, 0.5) is 36.3 Å². The maximum absolute atomic E-state index is 13.7. The van der Waals surface area contributed by atoms with Gasteiger partial charge >= 0.3 is 6.18 Å². The van der Waals surface area contributed by atoms with E-state index in [9.17, 15) is 13.2 Å². The van der Waals surface area contributed by atoms with E-state index in [-0.39, 0.29) is 11.8 Å². The highest BCUT2D eigenvalue weighted by Gasteiger charge is 2.36. The molecule has 0 saturated heterocycles. The minimum absolute atomic E-state index is 0.0889. The van der Waals surface area contributed by atoms with E-state index in [4.69, 9.17) is 4.74 Å². The van der Waals surface area contributed by atoms with Gasteiger partial charge in [-0.15, -0.1) is 0 Å². The van der Waals surface area contributed by atoms with Crippen LogP contribution in [-0.4, -0.2) is 23.6 Å². The van der Waals surface area contributed by atoms with Crippen molar-refractivity contribution in [2.24, 2.45) is 0 Å². The molecule has 0 atom stereocenters. The fourth-order valence-electron chi connectivity index (χ4n) is 3.17. The van der Waals surface area contributed by atoms with Crippen LogP contribution >= 0.6 is 0 Å². The molecule has 0 aliphatic heterocycles. The number of aromatic nitrogens is 2. The summed E-state index contributed by atoms with van der Waals surface area (Å²) in [5, 5.41) is 2.99. The molecular formula is C24H27F3N4O. The number of ether oxygens (including phenoxy) is 1. The Balaban J connectivity index is 1.88. The third-order valence-corrected chi connectivity index (χ3v) is 4.84. The summed E-state index contributed by atoms with van der Waals surface area (Å²) in [4.78, 5) is 9.48. The van der Waals surface area contributed by atoms with Gasteiger partial charge < -0.3 is 15.0 Å². The van der Waals surface area contributed by atoms with E-state index in [0.29, 0.717) is 23.7 Å². The van der Waals surface area contributed by atoms with E-state index in [2.05, 4.69) is 22.2 Å². The Kier molecular flexibility index (Phi) is 7.56. The first-order valence-electron chi connectivity index (χ1n) is 10.6. The maximum Gasteiger partial charge on any atom is 0.421 e. The summed E-state index contributed by atoms with van der Waals surface area (Å²) in [5.41, 5.74) is 1.54. The summed E-state index contributed by atoms with van der Waals surface area (Å²) < 4.78 is 46.5. The molecule has 2 aromatic carbocycles. The van der Waals surface area contributed by atoms with Crippen LogP contribution in [0.2, 0.25) is 0 Å². The highest BCUT2D eigenvalue weighted by Crippen LogP contribution is 2.38. The Labute approximate surface area is 186 Å². The van der Waals surface area contributed by atoms with Gasteiger partial charge in [-0.1, -0.05) is 32.4 Å². The summed E-state index contributed by atoms with van der Waals surface area (Å²) >= 11 is 0. The number of hydrogen-bond donors (Lipinski definition) is 1. The highest BCUT2D eigenvalue weighted by molar-refractivity contribution is 5.65. The van der Waals surface area contributed by atoms with E-state index in [1.807, 2.05) is 31.2 Å². The van der Waals surface area contributed by atoms with E-state index in [0.717, 1.165) is 25.5 Å². The molecule has 8 heteroatoms. The van der Waals surface area contributed by atoms with Crippen LogP contribution in [0, 0.1) is 0 Å². The van der Waals surface area contributed by atoms with Gasteiger partial charge in [0.1, 0.15) is 11.3 Å². The Morgan fingerprint density at radius 3 is 2.25 bits per heavy atom. The zero-order valence-electron chi connectivity index (χ0n) is 18.4. The molecule has 1 N–H and O–H groups in total. The molecule has 5 nitrogen and oxygen atoms in total. The van der Waals surface area contributed by atoms with E-state index >= 15 is 0 Å². The topological polar surface area (TPSA) is 50.3 Å². The molecule has 0 amide bonds. The minimum Gasteiger partial charge on any atom is -0.494 e. The van der Waals surface area contributed by atoms with Crippen LogP contribution in [0.1, 0.15) is 37.8 Å². The summed E-state index contributed by atoms with van der Waals surface area (Å²) in [6, 6.07) is 14.5. The molecule has 3 aromatic rings. The van der Waals surface area contributed by atoms with Gasteiger partial charge in [-0.3, -0.25) is 0 Å². The molecule has 0 aliphatic carbocycles. The van der Waals surface area contributed by atoms with Gasteiger partial charge in [0.2, 0.25) is 5.95 Å². The van der Waals surface area contributed by atoms with Crippen LogP contribution in [0.5, 0.6) is 5.75 Å². The lowest BCUT2D eigenvalue weighted by Crippen LogP contribution is -2.19. The first-order valence-corrected chi connectivity index (χ1v) is 10.6. The third-order valence-electron chi connectivity index (χ3n) is 4.84. The van der Waals surface area contributed by atoms with Crippen molar-refractivity contribution < 1.29 is 17.9 Å². The minimum atomic E-state index is -4.59. The predicted octanol–water partition coefficient (Wildman–Crippen LogP) is 6.75. The Hall–Kier alpha value is -3.29. The van der Waals surface area contributed by atoms with Crippen molar-refractivity contribution in [1.29, 1.82) is 0 Å². The molecular weight excluding hydrogens is 417 g/mol. The lowest BCUT2D eigenvalue weighted by molar-refractivity contribution is -0.137. The molecule has 0 unspecified atom stereocenters. The van der Waals surface area contributed by atoms with Gasteiger partial charge in [0.05, 0.1) is 6.61 Å². The van der Waals surface area contributed by atoms with Crippen molar-refractivity contribution >= 4 is 23.1 Å². The fourth-order valence-corrected chi connectivity index (χ4v) is 3.17. The Morgan fingerprint density at radius 1 is 0.969 bits per heavy atom. The predicted molar refractivity (Wildman–Crippen MR) is 121 cm³/mol. The average Bonchev–Trinajstić information content (AvgIpc) is 2.78. The SMILES string of the molecule is CCCOc1ccc(N(C)c2nc(Nc3ccc(CCC)cc3)ncc2C(F)(F)F)cc1. The Morgan fingerprint density at radius 2 is 1.66 bits per heavy atom. The van der Waals surface area contributed by atoms with Gasteiger partial charge in [-0.2, -0.15) is 18.2 Å². The van der Waals surface area contributed by atoms with Gasteiger partial charge in [-0.05, 0) is 54.8 Å².